The maximum absolute atomic E-state index is 12.7. The first-order valence-electron chi connectivity index (χ1n) is 11.2. The molecule has 0 unspecified atom stereocenters. The van der Waals surface area contributed by atoms with Crippen LogP contribution < -0.4 is 4.74 Å². The van der Waals surface area contributed by atoms with Crippen LogP contribution in [0, 0.1) is 10.1 Å². The van der Waals surface area contributed by atoms with Gasteiger partial charge in [-0.3, -0.25) is 29.3 Å². The van der Waals surface area contributed by atoms with Crippen LogP contribution in [-0.2, 0) is 33.3 Å². The van der Waals surface area contributed by atoms with Crippen molar-refractivity contribution in [1.82, 2.24) is 0 Å². The van der Waals surface area contributed by atoms with Crippen LogP contribution >= 0.6 is 0 Å². The highest BCUT2D eigenvalue weighted by Crippen LogP contribution is 2.30. The van der Waals surface area contributed by atoms with Gasteiger partial charge in [0.2, 0.25) is 12.4 Å². The molecule has 12 nitrogen and oxygen atoms in total. The van der Waals surface area contributed by atoms with E-state index >= 15 is 0 Å². The van der Waals surface area contributed by atoms with Crippen LogP contribution in [0.1, 0.15) is 43.6 Å². The molecule has 1 saturated heterocycles. The minimum Gasteiger partial charge on any atom is -0.461 e. The Morgan fingerprint density at radius 1 is 0.757 bits per heavy atom. The van der Waals surface area contributed by atoms with Crippen LogP contribution in [0.15, 0.2) is 48.5 Å². The maximum Gasteiger partial charge on any atom is 0.303 e. The van der Waals surface area contributed by atoms with Crippen molar-refractivity contribution in [3.8, 4) is 5.75 Å². The van der Waals surface area contributed by atoms with Crippen molar-refractivity contribution in [2.24, 2.45) is 0 Å². The predicted octanol–water partition coefficient (Wildman–Crippen LogP) is 2.74. The van der Waals surface area contributed by atoms with Gasteiger partial charge >= 0.3 is 17.9 Å². The Kier molecular flexibility index (Phi) is 8.56. The van der Waals surface area contributed by atoms with Crippen LogP contribution in [0.5, 0.6) is 5.75 Å². The van der Waals surface area contributed by atoms with E-state index in [1.54, 1.807) is 6.92 Å². The number of rotatable bonds is 8. The number of ether oxygens (including phenoxy) is 5. The molecule has 0 N–H and O–H groups in total. The van der Waals surface area contributed by atoms with Gasteiger partial charge in [0, 0.05) is 44.0 Å². The summed E-state index contributed by atoms with van der Waals surface area (Å²) in [6.07, 6.45) is -5.59. The Morgan fingerprint density at radius 3 is 1.70 bits per heavy atom. The van der Waals surface area contributed by atoms with E-state index in [1.165, 1.54) is 55.5 Å². The predicted molar refractivity (Wildman–Crippen MR) is 125 cm³/mol. The molecule has 0 aromatic heterocycles. The first kappa shape index (κ1) is 27.3. The van der Waals surface area contributed by atoms with Gasteiger partial charge in [-0.15, -0.1) is 0 Å². The van der Waals surface area contributed by atoms with E-state index in [0.29, 0.717) is 5.56 Å². The molecule has 2 aromatic rings. The van der Waals surface area contributed by atoms with Gasteiger partial charge in [-0.1, -0.05) is 0 Å². The summed E-state index contributed by atoms with van der Waals surface area (Å²) in [5.74, 6) is -2.17. The number of esters is 3. The van der Waals surface area contributed by atoms with Gasteiger partial charge in [-0.25, -0.2) is 0 Å². The highest BCUT2D eigenvalue weighted by atomic mass is 16.7. The molecule has 5 atom stereocenters. The molecule has 12 heteroatoms. The Labute approximate surface area is 211 Å². The van der Waals surface area contributed by atoms with Crippen LogP contribution in [0.3, 0.4) is 0 Å². The molecule has 2 aromatic carbocycles. The van der Waals surface area contributed by atoms with Crippen LogP contribution in [0.4, 0.5) is 5.69 Å². The number of hydrogen-bond acceptors (Lipinski definition) is 11. The number of nitro groups is 1. The molecule has 1 fully saturated rings. The second-order valence-electron chi connectivity index (χ2n) is 8.21. The first-order chi connectivity index (χ1) is 17.5. The van der Waals surface area contributed by atoms with E-state index in [4.69, 9.17) is 23.7 Å². The van der Waals surface area contributed by atoms with Crippen molar-refractivity contribution in [3.05, 3.63) is 69.8 Å². The smallest absolute Gasteiger partial charge is 0.303 e. The fourth-order valence-corrected chi connectivity index (χ4v) is 3.78. The summed E-state index contributed by atoms with van der Waals surface area (Å²) in [7, 11) is 0. The quantitative estimate of drug-likeness (QED) is 0.167. The molecule has 1 heterocycles. The zero-order valence-electron chi connectivity index (χ0n) is 20.4. The third-order valence-corrected chi connectivity index (χ3v) is 5.34. The largest absolute Gasteiger partial charge is 0.461 e. The SMILES string of the molecule is CC(=O)O[C@@H]1[C@H](OC(C)=O)[C@@H](Oc2ccc(C(=O)c3ccc([N+](=O)[O-])cc3)cc2)O[C@H](C)[C@H]1OC(C)=O. The minimum atomic E-state index is -1.27. The fraction of sp³-hybridized carbons (Fsp3) is 0.360. The van der Waals surface area contributed by atoms with Crippen molar-refractivity contribution in [2.75, 3.05) is 0 Å². The highest BCUT2D eigenvalue weighted by Gasteiger charge is 2.51. The summed E-state index contributed by atoms with van der Waals surface area (Å²) in [4.78, 5) is 58.2. The molecular formula is C25H25NO11. The molecule has 1 aliphatic rings. The summed E-state index contributed by atoms with van der Waals surface area (Å²) in [5.41, 5.74) is 0.426. The maximum atomic E-state index is 12.7. The van der Waals surface area contributed by atoms with Gasteiger partial charge in [-0.2, -0.15) is 0 Å². The number of nitro benzene ring substituents is 1. The summed E-state index contributed by atoms with van der Waals surface area (Å²) in [6.45, 7) is 5.07. The Balaban J connectivity index is 1.81. The lowest BCUT2D eigenvalue weighted by Crippen LogP contribution is -2.62. The van der Waals surface area contributed by atoms with Gasteiger partial charge in [0.05, 0.1) is 11.0 Å². The molecular weight excluding hydrogens is 490 g/mol. The van der Waals surface area contributed by atoms with Crippen molar-refractivity contribution >= 4 is 29.4 Å². The number of benzene rings is 2. The second kappa shape index (κ2) is 11.6. The molecule has 1 aliphatic heterocycles. The molecule has 37 heavy (non-hydrogen) atoms. The number of non-ortho nitro benzene ring substituents is 1. The molecule has 0 amide bonds. The number of carbonyl (C=O) groups excluding carboxylic acids is 4. The molecule has 0 aliphatic carbocycles. The third kappa shape index (κ3) is 6.88. The van der Waals surface area contributed by atoms with Gasteiger partial charge in [0.15, 0.2) is 18.0 Å². The van der Waals surface area contributed by atoms with E-state index in [0.717, 1.165) is 13.8 Å². The van der Waals surface area contributed by atoms with Crippen LogP contribution in [0.25, 0.3) is 0 Å². The van der Waals surface area contributed by atoms with Gasteiger partial charge in [-0.05, 0) is 43.3 Å². The summed E-state index contributed by atoms with van der Waals surface area (Å²) in [6, 6.07) is 11.1. The third-order valence-electron chi connectivity index (χ3n) is 5.34. The van der Waals surface area contributed by atoms with Crippen LogP contribution in [-0.4, -0.2) is 59.3 Å². The van der Waals surface area contributed by atoms with Gasteiger partial charge < -0.3 is 23.7 Å². The van der Waals surface area contributed by atoms with Gasteiger partial charge in [0.25, 0.3) is 5.69 Å². The number of nitrogens with zero attached hydrogens (tertiary/aromatic N) is 1. The molecule has 0 saturated carbocycles. The van der Waals surface area contributed by atoms with E-state index in [-0.39, 0.29) is 22.8 Å². The number of ketones is 1. The highest BCUT2D eigenvalue weighted by molar-refractivity contribution is 6.09. The number of hydrogen-bond donors (Lipinski definition) is 0. The van der Waals surface area contributed by atoms with Crippen molar-refractivity contribution in [3.63, 3.8) is 0 Å². The Bertz CT molecular complexity index is 1180. The summed E-state index contributed by atoms with van der Waals surface area (Å²) >= 11 is 0. The minimum absolute atomic E-state index is 0.132. The zero-order valence-corrected chi connectivity index (χ0v) is 20.4. The Morgan fingerprint density at radius 2 is 1.22 bits per heavy atom. The molecule has 0 bridgehead atoms. The average Bonchev–Trinajstić information content (AvgIpc) is 2.83. The molecule has 0 spiro atoms. The average molecular weight is 515 g/mol. The van der Waals surface area contributed by atoms with Crippen LogP contribution in [0.2, 0.25) is 0 Å². The lowest BCUT2D eigenvalue weighted by Gasteiger charge is -2.43. The normalized spacial score (nSPS) is 22.9. The number of carbonyl (C=O) groups is 4. The monoisotopic (exact) mass is 515 g/mol. The van der Waals surface area contributed by atoms with E-state index in [2.05, 4.69) is 0 Å². The second-order valence-corrected chi connectivity index (χ2v) is 8.21. The summed E-state index contributed by atoms with van der Waals surface area (Å²) in [5, 5.41) is 10.8. The van der Waals surface area contributed by atoms with E-state index in [1.807, 2.05) is 0 Å². The lowest BCUT2D eigenvalue weighted by atomic mass is 9.98. The van der Waals surface area contributed by atoms with Crippen molar-refractivity contribution in [1.29, 1.82) is 0 Å². The zero-order chi connectivity index (χ0) is 27.3. The molecule has 3 rings (SSSR count). The van der Waals surface area contributed by atoms with E-state index in [9.17, 15) is 29.3 Å². The molecule has 0 radical (unpaired) electrons. The first-order valence-corrected chi connectivity index (χ1v) is 11.2. The Hall–Kier alpha value is -4.32. The topological polar surface area (TPSA) is 158 Å². The van der Waals surface area contributed by atoms with Crippen molar-refractivity contribution in [2.45, 2.75) is 58.4 Å². The van der Waals surface area contributed by atoms with Crippen molar-refractivity contribution < 1.29 is 47.8 Å². The van der Waals surface area contributed by atoms with E-state index < -0.39 is 53.5 Å². The fourth-order valence-electron chi connectivity index (χ4n) is 3.78. The molecule has 196 valence electrons. The standard InChI is InChI=1S/C25H25NO11/c1-13-22(34-14(2)27)23(35-15(3)28)24(36-16(4)29)25(33-13)37-20-11-7-18(8-12-20)21(30)17-5-9-19(10-6-17)26(31)32/h5-13,22-25H,1-4H3/t13-,22-,23+,24+,25-/m1/s1. The summed E-state index contributed by atoms with van der Waals surface area (Å²) < 4.78 is 27.6. The van der Waals surface area contributed by atoms with Gasteiger partial charge in [0.1, 0.15) is 5.75 Å². The lowest BCUT2D eigenvalue weighted by molar-refractivity contribution is -0.384.